The van der Waals surface area contributed by atoms with Gasteiger partial charge in [0.15, 0.2) is 0 Å². The molecule has 0 aliphatic carbocycles. The van der Waals surface area contributed by atoms with E-state index in [0.717, 1.165) is 0 Å². The van der Waals surface area contributed by atoms with Crippen LogP contribution in [-0.2, 0) is 0 Å². The molecule has 5 heavy (non-hydrogen) atoms. The molecule has 0 radical (unpaired) electrons. The van der Waals surface area contributed by atoms with E-state index in [4.69, 9.17) is 4.11 Å². The summed E-state index contributed by atoms with van der Waals surface area (Å²) in [6.07, 6.45) is 0. The summed E-state index contributed by atoms with van der Waals surface area (Å²) in [5, 5.41) is 0. The highest BCUT2D eigenvalue weighted by atomic mass is 19.3. The van der Waals surface area contributed by atoms with E-state index in [1.165, 1.54) is 0 Å². The average Bonchev–Trinajstić information content (AvgIpc) is 1.25. The second-order valence-corrected chi connectivity index (χ2v) is 0.888. The van der Waals surface area contributed by atoms with E-state index in [1.807, 2.05) is 0 Å². The van der Waals surface area contributed by atoms with E-state index >= 15 is 0 Å². The second-order valence-electron chi connectivity index (χ2n) is 0.888. The molecular formula is C3H6F2. The molecule has 0 heterocycles. The molecule has 0 aromatic heterocycles. The Labute approximate surface area is 34.0 Å². The van der Waals surface area contributed by atoms with Gasteiger partial charge in [-0.1, -0.05) is 0 Å². The maximum absolute atomic E-state index is 11.7. The Balaban J connectivity index is 4.02. The predicted molar refractivity (Wildman–Crippen MR) is 16.3 cm³/mol. The molecular weight excluding hydrogens is 74.0 g/mol. The van der Waals surface area contributed by atoms with Crippen LogP contribution >= 0.6 is 0 Å². The number of rotatable bonds is 0. The van der Waals surface area contributed by atoms with Gasteiger partial charge in [0.05, 0.1) is 0 Å². The van der Waals surface area contributed by atoms with Gasteiger partial charge in [-0.25, -0.2) is 8.78 Å². The summed E-state index contributed by atoms with van der Waals surface area (Å²) >= 11 is 0. The van der Waals surface area contributed by atoms with Gasteiger partial charge in [0.25, 0.3) is 0 Å². The summed E-state index contributed by atoms with van der Waals surface area (Å²) in [6.45, 7) is -2.77. The summed E-state index contributed by atoms with van der Waals surface area (Å²) in [5.74, 6) is -3.56. The first kappa shape index (κ1) is 1.54. The van der Waals surface area contributed by atoms with Crippen molar-refractivity contribution in [3.05, 3.63) is 0 Å². The molecule has 0 nitrogen and oxygen atoms in total. The standard InChI is InChI=1S/C3H6F2/c1-3(2,4)5/h1-2H3/i1D3. The largest absolute Gasteiger partial charge is 0.242 e. The lowest BCUT2D eigenvalue weighted by molar-refractivity contribution is 0.0437. The molecule has 0 rings (SSSR count). The molecule has 0 amide bonds. The Morgan fingerprint density at radius 1 is 1.80 bits per heavy atom. The van der Waals surface area contributed by atoms with Crippen molar-refractivity contribution in [2.45, 2.75) is 19.7 Å². The number of hydrogen-bond donors (Lipinski definition) is 0. The van der Waals surface area contributed by atoms with E-state index in [9.17, 15) is 8.78 Å². The predicted octanol–water partition coefficient (Wildman–Crippen LogP) is 1.66. The lowest BCUT2D eigenvalue weighted by atomic mass is 10.5. The zero-order valence-corrected chi connectivity index (χ0v) is 2.76. The zero-order chi connectivity index (χ0) is 7.00. The molecule has 0 atom stereocenters. The molecule has 32 valence electrons. The smallest absolute Gasteiger partial charge is 0.208 e. The van der Waals surface area contributed by atoms with E-state index in [2.05, 4.69) is 0 Å². The molecule has 2 heteroatoms. The molecule has 0 spiro atoms. The van der Waals surface area contributed by atoms with Crippen molar-refractivity contribution in [2.75, 3.05) is 0 Å². The minimum atomic E-state index is -3.56. The first-order valence-electron chi connectivity index (χ1n) is 2.63. The molecule has 0 bridgehead atoms. The van der Waals surface area contributed by atoms with Gasteiger partial charge >= 0.3 is 0 Å². The monoisotopic (exact) mass is 83.1 g/mol. The topological polar surface area (TPSA) is 0 Å². The van der Waals surface area contributed by atoms with Crippen LogP contribution in [0.4, 0.5) is 8.78 Å². The molecule has 0 unspecified atom stereocenters. The molecule has 0 aromatic rings. The molecule has 0 saturated heterocycles. The van der Waals surface area contributed by atoms with E-state index in [-0.39, 0.29) is 0 Å². The summed E-state index contributed by atoms with van der Waals surface area (Å²) in [6, 6.07) is 0. The normalized spacial score (nSPS) is 23.4. The molecule has 0 N–H and O–H groups in total. The van der Waals surface area contributed by atoms with Crippen LogP contribution in [0.3, 0.4) is 0 Å². The minimum absolute atomic E-state index is 0.375. The van der Waals surface area contributed by atoms with Gasteiger partial charge in [-0.15, -0.1) is 0 Å². The van der Waals surface area contributed by atoms with Crippen molar-refractivity contribution in [3.63, 3.8) is 0 Å². The maximum Gasteiger partial charge on any atom is 0.242 e. The minimum Gasteiger partial charge on any atom is -0.208 e. The van der Waals surface area contributed by atoms with Crippen LogP contribution in [-0.4, -0.2) is 5.92 Å². The van der Waals surface area contributed by atoms with Gasteiger partial charge < -0.3 is 0 Å². The van der Waals surface area contributed by atoms with Crippen molar-refractivity contribution in [3.8, 4) is 0 Å². The van der Waals surface area contributed by atoms with Crippen LogP contribution in [0, 0.1) is 0 Å². The Hall–Kier alpha value is -0.140. The summed E-state index contributed by atoms with van der Waals surface area (Å²) in [4.78, 5) is 0. The number of halogens is 2. The van der Waals surface area contributed by atoms with Gasteiger partial charge in [0.1, 0.15) is 0 Å². The highest BCUT2D eigenvalue weighted by Crippen LogP contribution is 2.06. The van der Waals surface area contributed by atoms with E-state index < -0.39 is 12.8 Å². The van der Waals surface area contributed by atoms with Crippen molar-refractivity contribution in [1.82, 2.24) is 0 Å². The maximum atomic E-state index is 11.7. The summed E-state index contributed by atoms with van der Waals surface area (Å²) in [7, 11) is 0. The molecule has 0 aromatic carbocycles. The Morgan fingerprint density at radius 3 is 2.00 bits per heavy atom. The number of alkyl halides is 2. The van der Waals surface area contributed by atoms with Gasteiger partial charge in [0.2, 0.25) is 5.92 Å². The zero-order valence-electron chi connectivity index (χ0n) is 5.76. The number of hydrogen-bond acceptors (Lipinski definition) is 0. The molecule has 0 saturated carbocycles. The lowest BCUT2D eigenvalue weighted by Gasteiger charge is -1.94. The first-order chi connectivity index (χ1) is 3.25. The fourth-order valence-corrected chi connectivity index (χ4v) is 0. The van der Waals surface area contributed by atoms with Crippen molar-refractivity contribution in [1.29, 1.82) is 0 Å². The quantitative estimate of drug-likeness (QED) is 0.418. The van der Waals surface area contributed by atoms with Gasteiger partial charge in [-0.2, -0.15) is 0 Å². The third-order valence-corrected chi connectivity index (χ3v) is 0. The molecule has 0 aliphatic heterocycles. The van der Waals surface area contributed by atoms with Crippen molar-refractivity contribution < 1.29 is 12.9 Å². The van der Waals surface area contributed by atoms with Crippen molar-refractivity contribution in [2.24, 2.45) is 0 Å². The van der Waals surface area contributed by atoms with Crippen LogP contribution in [0.1, 0.15) is 17.9 Å². The van der Waals surface area contributed by atoms with Gasteiger partial charge in [0, 0.05) is 4.11 Å². The van der Waals surface area contributed by atoms with Crippen LogP contribution in [0.25, 0.3) is 0 Å². The highest BCUT2D eigenvalue weighted by Gasteiger charge is 2.08. The van der Waals surface area contributed by atoms with Crippen LogP contribution < -0.4 is 0 Å². The van der Waals surface area contributed by atoms with E-state index in [0.29, 0.717) is 6.92 Å². The van der Waals surface area contributed by atoms with Crippen LogP contribution in [0.15, 0.2) is 0 Å². The summed E-state index contributed by atoms with van der Waals surface area (Å²) < 4.78 is 41.8. The molecule has 0 fully saturated rings. The average molecular weight is 83.1 g/mol. The SMILES string of the molecule is [2H]C([2H])([2H])C(C)(F)F. The highest BCUT2D eigenvalue weighted by molar-refractivity contribution is 4.40. The lowest BCUT2D eigenvalue weighted by Crippen LogP contribution is -1.98. The van der Waals surface area contributed by atoms with E-state index in [1.54, 1.807) is 0 Å². The third kappa shape index (κ3) is 681. The van der Waals surface area contributed by atoms with Crippen LogP contribution in [0.2, 0.25) is 0 Å². The fourth-order valence-electron chi connectivity index (χ4n) is 0. The first-order valence-corrected chi connectivity index (χ1v) is 1.13. The third-order valence-electron chi connectivity index (χ3n) is 0. The Kier molecular flexibility index (Phi) is 0.283. The van der Waals surface area contributed by atoms with Crippen molar-refractivity contribution >= 4 is 0 Å². The summed E-state index contributed by atoms with van der Waals surface area (Å²) in [5.41, 5.74) is 0. The fraction of sp³-hybridized carbons (Fsp3) is 1.00. The van der Waals surface area contributed by atoms with Gasteiger partial charge in [-0.3, -0.25) is 0 Å². The van der Waals surface area contributed by atoms with Gasteiger partial charge in [-0.05, 0) is 13.8 Å². The second kappa shape index (κ2) is 0.919. The molecule has 0 aliphatic rings. The Bertz CT molecular complexity index is 67.5. The van der Waals surface area contributed by atoms with Crippen LogP contribution in [0.5, 0.6) is 0 Å². The Morgan fingerprint density at radius 2 is 2.00 bits per heavy atom.